The van der Waals surface area contributed by atoms with E-state index in [1.807, 2.05) is 24.3 Å². The maximum Gasteiger partial charge on any atom is 0.233 e. The summed E-state index contributed by atoms with van der Waals surface area (Å²) in [7, 11) is 0. The number of hydrogen-bond acceptors (Lipinski definition) is 8. The number of nitrogens with zero attached hydrogens (tertiary/aromatic N) is 1. The second-order valence-electron chi connectivity index (χ2n) is 10.3. The van der Waals surface area contributed by atoms with E-state index in [2.05, 4.69) is 0 Å². The Kier molecular flexibility index (Phi) is 9.34. The third-order valence-electron chi connectivity index (χ3n) is 7.65. The van der Waals surface area contributed by atoms with Crippen LogP contribution in [-0.4, -0.2) is 66.2 Å². The van der Waals surface area contributed by atoms with Crippen LogP contribution in [0.25, 0.3) is 0 Å². The molecule has 0 aromatic heterocycles. The van der Waals surface area contributed by atoms with Gasteiger partial charge in [-0.05, 0) is 72.5 Å². The van der Waals surface area contributed by atoms with Crippen molar-refractivity contribution < 1.29 is 39.1 Å². The molecule has 0 saturated carbocycles. The molecule has 11 heteroatoms. The summed E-state index contributed by atoms with van der Waals surface area (Å²) >= 11 is 2.51. The topological polar surface area (TPSA) is 121 Å². The molecule has 5 N–H and O–H groups in total. The number of anilines is 1. The Morgan fingerprint density at radius 3 is 2.07 bits per heavy atom. The highest BCUT2D eigenvalue weighted by atomic mass is 32.2. The second-order valence-corrected chi connectivity index (χ2v) is 13.2. The van der Waals surface area contributed by atoms with E-state index in [9.17, 15) is 39.1 Å². The molecular formula is C30H31F2NO6S2. The summed E-state index contributed by atoms with van der Waals surface area (Å²) in [6.07, 6.45) is -3.99. The van der Waals surface area contributed by atoms with Crippen LogP contribution in [-0.2, 0) is 4.79 Å². The zero-order valence-corrected chi connectivity index (χ0v) is 23.5. The van der Waals surface area contributed by atoms with Crippen molar-refractivity contribution in [2.24, 2.45) is 5.92 Å². The first-order chi connectivity index (χ1) is 19.7. The van der Waals surface area contributed by atoms with Crippen molar-refractivity contribution in [3.63, 3.8) is 0 Å². The Labute approximate surface area is 244 Å². The van der Waals surface area contributed by atoms with E-state index in [1.165, 1.54) is 59.9 Å². The zero-order valence-electron chi connectivity index (χ0n) is 21.8. The van der Waals surface area contributed by atoms with Gasteiger partial charge in [-0.15, -0.1) is 23.5 Å². The predicted octanol–water partition coefficient (Wildman–Crippen LogP) is 3.79. The molecule has 0 aliphatic carbocycles. The molecule has 218 valence electrons. The molecule has 2 saturated heterocycles. The van der Waals surface area contributed by atoms with Gasteiger partial charge in [0.2, 0.25) is 5.91 Å². The van der Waals surface area contributed by atoms with Gasteiger partial charge in [-0.3, -0.25) is 4.79 Å². The molecular weight excluding hydrogens is 572 g/mol. The number of halogens is 2. The fourth-order valence-electron chi connectivity index (χ4n) is 5.33. The van der Waals surface area contributed by atoms with Gasteiger partial charge in [0.05, 0.1) is 40.6 Å². The predicted molar refractivity (Wildman–Crippen MR) is 153 cm³/mol. The summed E-state index contributed by atoms with van der Waals surface area (Å²) in [4.78, 5) is 15.7. The number of β-lactam (4-membered cyclic amide) rings is 1. The van der Waals surface area contributed by atoms with Crippen LogP contribution in [0.15, 0.2) is 77.7 Å². The molecule has 0 bridgehead atoms. The summed E-state index contributed by atoms with van der Waals surface area (Å²) in [5, 5.41) is 50.3. The molecule has 2 aliphatic heterocycles. The molecule has 0 unspecified atom stereocenters. The van der Waals surface area contributed by atoms with Crippen molar-refractivity contribution in [3.8, 4) is 0 Å². The number of aliphatic hydroxyl groups is 5. The van der Waals surface area contributed by atoms with Crippen LogP contribution in [0.3, 0.4) is 0 Å². The Hall–Kier alpha value is -2.51. The quantitative estimate of drug-likeness (QED) is 0.234. The molecule has 0 radical (unpaired) electrons. The molecule has 0 spiro atoms. The second kappa shape index (κ2) is 12.8. The van der Waals surface area contributed by atoms with Gasteiger partial charge in [0.25, 0.3) is 0 Å². The van der Waals surface area contributed by atoms with E-state index in [0.717, 1.165) is 10.5 Å². The van der Waals surface area contributed by atoms with E-state index >= 15 is 0 Å². The molecule has 2 fully saturated rings. The van der Waals surface area contributed by atoms with Crippen molar-refractivity contribution in [2.45, 2.75) is 58.0 Å². The van der Waals surface area contributed by atoms with Crippen LogP contribution in [0.5, 0.6) is 0 Å². The lowest BCUT2D eigenvalue weighted by molar-refractivity contribution is -0.131. The highest BCUT2D eigenvalue weighted by Gasteiger charge is 2.48. The van der Waals surface area contributed by atoms with Gasteiger partial charge in [-0.2, -0.15) is 0 Å². The van der Waals surface area contributed by atoms with Gasteiger partial charge in [0, 0.05) is 10.6 Å². The number of rotatable bonds is 9. The Morgan fingerprint density at radius 1 is 0.854 bits per heavy atom. The molecule has 2 heterocycles. The molecule has 7 nitrogen and oxygen atoms in total. The van der Waals surface area contributed by atoms with Gasteiger partial charge < -0.3 is 30.4 Å². The van der Waals surface area contributed by atoms with Gasteiger partial charge in [-0.25, -0.2) is 8.78 Å². The first-order valence-electron chi connectivity index (χ1n) is 13.3. The van der Waals surface area contributed by atoms with Crippen LogP contribution in [0.2, 0.25) is 0 Å². The lowest BCUT2D eigenvalue weighted by Gasteiger charge is -2.48. The summed E-state index contributed by atoms with van der Waals surface area (Å²) < 4.78 is 26.4. The normalized spacial score (nSPS) is 28.8. The number of aliphatic hydroxyl groups excluding tert-OH is 5. The van der Waals surface area contributed by atoms with Gasteiger partial charge in [-0.1, -0.05) is 24.3 Å². The smallest absolute Gasteiger partial charge is 0.233 e. The minimum atomic E-state index is -1.37. The number of thioether (sulfide) groups is 2. The summed E-state index contributed by atoms with van der Waals surface area (Å²) in [5.74, 6) is -1.39. The molecule has 1 amide bonds. The maximum atomic E-state index is 13.6. The maximum absolute atomic E-state index is 13.6. The van der Waals surface area contributed by atoms with Gasteiger partial charge >= 0.3 is 0 Å². The summed E-state index contributed by atoms with van der Waals surface area (Å²) in [6.45, 7) is -0.336. The zero-order chi connectivity index (χ0) is 29.3. The Balaban J connectivity index is 1.33. The number of carbonyl (C=O) groups excluding carboxylic acids is 1. The summed E-state index contributed by atoms with van der Waals surface area (Å²) in [5.41, 5.74) is 1.95. The third kappa shape index (κ3) is 6.31. The number of hydrogen-bond donors (Lipinski definition) is 5. The largest absolute Gasteiger partial charge is 0.395 e. The van der Waals surface area contributed by atoms with Crippen LogP contribution in [0.4, 0.5) is 14.5 Å². The number of amides is 1. The molecule has 41 heavy (non-hydrogen) atoms. The van der Waals surface area contributed by atoms with Crippen LogP contribution in [0, 0.1) is 17.6 Å². The fourth-order valence-corrected chi connectivity index (χ4v) is 8.25. The standard InChI is InChI=1S/C30H31F2NO6S2/c31-18-5-1-16(2-6-18)23(35)14-13-22-25(33(29(22)39)20-9-7-19(32)8-10-20)17-3-11-21(12-4-17)40-30-28(38)27(37)26(36)24(15-34)41-30/h1-12,22-28,30,34-38H,13-15H2/t22-,23+,24+,25-,26-,27+,28-,30-/m1/s1. The highest BCUT2D eigenvalue weighted by Crippen LogP contribution is 2.47. The fraction of sp³-hybridized carbons (Fsp3) is 0.367. The van der Waals surface area contributed by atoms with Crippen molar-refractivity contribution in [1.29, 1.82) is 0 Å². The van der Waals surface area contributed by atoms with E-state index < -0.39 is 51.8 Å². The highest BCUT2D eigenvalue weighted by molar-refractivity contribution is 8.17. The van der Waals surface area contributed by atoms with Crippen molar-refractivity contribution in [2.75, 3.05) is 11.5 Å². The Bertz CT molecular complexity index is 1330. The molecule has 8 atom stereocenters. The molecule has 2 aliphatic rings. The third-order valence-corrected chi connectivity index (χ3v) is 10.6. The van der Waals surface area contributed by atoms with Crippen LogP contribution in [0.1, 0.15) is 36.1 Å². The number of carbonyl (C=O) groups is 1. The lowest BCUT2D eigenvalue weighted by atomic mass is 9.78. The number of benzene rings is 3. The molecule has 3 aromatic carbocycles. The van der Waals surface area contributed by atoms with Gasteiger partial charge in [0.15, 0.2) is 0 Å². The average Bonchev–Trinajstić information content (AvgIpc) is 2.98. The van der Waals surface area contributed by atoms with Crippen LogP contribution >= 0.6 is 23.5 Å². The lowest BCUT2D eigenvalue weighted by Crippen LogP contribution is -2.55. The summed E-state index contributed by atoms with van der Waals surface area (Å²) in [6, 6.07) is 18.3. The average molecular weight is 604 g/mol. The molecule has 5 rings (SSSR count). The van der Waals surface area contributed by atoms with Crippen molar-refractivity contribution in [1.82, 2.24) is 0 Å². The SMILES string of the molecule is O=C1[C@H](CC[C@H](O)c2ccc(F)cc2)[C@@H](c2ccc(S[C@@H]3S[C@@H](CO)[C@@H](O)[C@H](O)[C@H]3O)cc2)N1c1ccc(F)cc1. The van der Waals surface area contributed by atoms with E-state index in [4.69, 9.17) is 0 Å². The first kappa shape index (κ1) is 30.0. The first-order valence-corrected chi connectivity index (χ1v) is 15.1. The molecule has 3 aromatic rings. The van der Waals surface area contributed by atoms with Crippen molar-refractivity contribution >= 4 is 35.1 Å². The van der Waals surface area contributed by atoms with E-state index in [1.54, 1.807) is 17.0 Å². The van der Waals surface area contributed by atoms with Crippen LogP contribution < -0.4 is 4.90 Å². The minimum Gasteiger partial charge on any atom is -0.395 e. The van der Waals surface area contributed by atoms with Gasteiger partial charge in [0.1, 0.15) is 23.8 Å². The minimum absolute atomic E-state index is 0.143. The van der Waals surface area contributed by atoms with Crippen molar-refractivity contribution in [3.05, 3.63) is 95.6 Å². The monoisotopic (exact) mass is 603 g/mol. The van der Waals surface area contributed by atoms with E-state index in [-0.39, 0.29) is 18.6 Å². The Morgan fingerprint density at radius 2 is 1.46 bits per heavy atom. The van der Waals surface area contributed by atoms with E-state index in [0.29, 0.717) is 24.1 Å².